The van der Waals surface area contributed by atoms with Crippen LogP contribution in [0, 0.1) is 18.8 Å². The normalized spacial score (nSPS) is 19.6. The van der Waals surface area contributed by atoms with Crippen LogP contribution in [0.25, 0.3) is 5.57 Å². The molecule has 216 valence electrons. The number of alkyl halides is 1. The molecule has 2 aliphatic carbocycles. The summed E-state index contributed by atoms with van der Waals surface area (Å²) < 4.78 is 13.4. The molecule has 0 saturated heterocycles. The third kappa shape index (κ3) is 6.85. The molecule has 0 spiro atoms. The first-order valence-corrected chi connectivity index (χ1v) is 14.3. The fourth-order valence-electron chi connectivity index (χ4n) is 5.64. The Kier molecular flexibility index (Phi) is 8.67. The zero-order chi connectivity index (χ0) is 29.7. The highest BCUT2D eigenvalue weighted by atomic mass is 19.1. The first kappa shape index (κ1) is 29.0. The molecule has 2 amide bonds. The van der Waals surface area contributed by atoms with Crippen LogP contribution in [0.4, 0.5) is 14.9 Å². The van der Waals surface area contributed by atoms with Gasteiger partial charge in [-0.2, -0.15) is 0 Å². The van der Waals surface area contributed by atoms with E-state index in [4.69, 9.17) is 0 Å². The molecule has 3 unspecified atom stereocenters. The third-order valence-electron chi connectivity index (χ3n) is 8.28. The Hall–Kier alpha value is -4.52. The molecule has 0 radical (unpaired) electrons. The maximum Gasteiger partial charge on any atom is 0.319 e. The number of aliphatic carboxylic acids is 1. The Balaban J connectivity index is 1.18. The number of halogens is 1. The van der Waals surface area contributed by atoms with E-state index in [-0.39, 0.29) is 24.2 Å². The number of fused-ring (bicyclic) bond motifs is 1. The Morgan fingerprint density at radius 1 is 1.05 bits per heavy atom. The van der Waals surface area contributed by atoms with Crippen LogP contribution in [0.5, 0.6) is 0 Å². The van der Waals surface area contributed by atoms with Crippen LogP contribution in [0.3, 0.4) is 0 Å². The number of hydrogen-bond donors (Lipinski definition) is 3. The molecule has 3 N–H and O–H groups in total. The summed E-state index contributed by atoms with van der Waals surface area (Å²) in [6.07, 6.45) is 8.72. The summed E-state index contributed by atoms with van der Waals surface area (Å²) in [7, 11) is 0. The van der Waals surface area contributed by atoms with Gasteiger partial charge in [-0.15, -0.1) is 0 Å². The van der Waals surface area contributed by atoms with E-state index in [9.17, 15) is 23.9 Å². The predicted molar refractivity (Wildman–Crippen MR) is 162 cm³/mol. The van der Waals surface area contributed by atoms with E-state index in [2.05, 4.69) is 16.7 Å². The molecule has 0 aliphatic heterocycles. The highest BCUT2D eigenvalue weighted by Gasteiger charge is 2.53. The van der Waals surface area contributed by atoms with Crippen molar-refractivity contribution in [3.8, 4) is 0 Å². The number of anilines is 1. The second-order valence-electron chi connectivity index (χ2n) is 11.3. The number of carboxylic acid groups (broad SMARTS) is 1. The molecular weight excluding hydrogens is 531 g/mol. The van der Waals surface area contributed by atoms with Crippen LogP contribution < -0.4 is 10.6 Å². The van der Waals surface area contributed by atoms with Gasteiger partial charge in [-0.1, -0.05) is 90.5 Å². The van der Waals surface area contributed by atoms with Crippen LogP contribution in [0.2, 0.25) is 0 Å². The topological polar surface area (TPSA) is 95.5 Å². The van der Waals surface area contributed by atoms with Crippen LogP contribution >= 0.6 is 0 Å². The average Bonchev–Trinajstić information content (AvgIpc) is 3.70. The molecule has 6 nitrogen and oxygen atoms in total. The molecule has 1 fully saturated rings. The number of allylic oxidation sites excluding steroid dienone is 3. The molecule has 3 aromatic rings. The van der Waals surface area contributed by atoms with Crippen LogP contribution in [-0.4, -0.2) is 28.4 Å². The summed E-state index contributed by atoms with van der Waals surface area (Å²) in [6.45, 7) is 1.23. The van der Waals surface area contributed by atoms with Gasteiger partial charge in [0, 0.05) is 23.2 Å². The maximum absolute atomic E-state index is 13.4. The van der Waals surface area contributed by atoms with E-state index in [0.717, 1.165) is 35.1 Å². The molecule has 3 aromatic carbocycles. The zero-order valence-electron chi connectivity index (χ0n) is 23.6. The molecule has 42 heavy (non-hydrogen) atoms. The number of nitrogens with one attached hydrogen (secondary N) is 2. The number of rotatable bonds is 11. The highest BCUT2D eigenvalue weighted by molar-refractivity contribution is 5.98. The van der Waals surface area contributed by atoms with Crippen LogP contribution in [-0.2, 0) is 17.9 Å². The number of Topliss-reactive ketones (excluding diaryl/α,β-unsaturated/α-hetero) is 1. The molecule has 0 heterocycles. The third-order valence-corrected chi connectivity index (χ3v) is 8.28. The van der Waals surface area contributed by atoms with E-state index in [1.165, 1.54) is 0 Å². The number of urea groups is 1. The first-order chi connectivity index (χ1) is 20.3. The Morgan fingerprint density at radius 3 is 2.52 bits per heavy atom. The maximum atomic E-state index is 13.4. The minimum atomic E-state index is -0.957. The lowest BCUT2D eigenvalue weighted by Crippen LogP contribution is -2.40. The predicted octanol–water partition coefficient (Wildman–Crippen LogP) is 7.29. The zero-order valence-corrected chi connectivity index (χ0v) is 23.6. The number of carbonyl (C=O) groups is 3. The molecule has 1 saturated carbocycles. The number of benzene rings is 3. The van der Waals surface area contributed by atoms with Gasteiger partial charge in [-0.25, -0.2) is 9.18 Å². The van der Waals surface area contributed by atoms with Crippen molar-refractivity contribution < 1.29 is 23.9 Å². The van der Waals surface area contributed by atoms with Crippen molar-refractivity contribution in [3.05, 3.63) is 119 Å². The lowest BCUT2D eigenvalue weighted by Gasteiger charge is -2.17. The van der Waals surface area contributed by atoms with E-state index in [0.29, 0.717) is 29.7 Å². The summed E-state index contributed by atoms with van der Waals surface area (Å²) in [5, 5.41) is 15.6. The van der Waals surface area contributed by atoms with Gasteiger partial charge in [0.1, 0.15) is 6.67 Å². The van der Waals surface area contributed by atoms with Gasteiger partial charge in [0.2, 0.25) is 0 Å². The largest absolute Gasteiger partial charge is 0.481 e. The minimum absolute atomic E-state index is 0.0442. The summed E-state index contributed by atoms with van der Waals surface area (Å²) in [6, 6.07) is 21.8. The monoisotopic (exact) mass is 566 g/mol. The number of aryl methyl sites for hydroxylation is 2. The van der Waals surface area contributed by atoms with Gasteiger partial charge < -0.3 is 15.7 Å². The fraction of sp³-hybridized carbons (Fsp3) is 0.286. The molecule has 5 rings (SSSR count). The molecule has 3 atom stereocenters. The smallest absolute Gasteiger partial charge is 0.319 e. The standard InChI is InChI=1S/C35H35FN2O4/c1-23-7-16-31(29(19-23)22-36)37-34(42)38-35-18-17-26(14-15-30(35)21-35)25-10-12-27(13-11-25)32(39)20-28(33(40)41)9-8-24-5-3-2-4-6-24/h2-7,10-14,16-19,28,30H,8-9,15,20-22H2,1H3,(H,40,41)(H2,37,38,42). The van der Waals surface area contributed by atoms with Gasteiger partial charge in [0.15, 0.2) is 5.78 Å². The van der Waals surface area contributed by atoms with E-state index >= 15 is 0 Å². The van der Waals surface area contributed by atoms with Gasteiger partial charge in [-0.05, 0) is 61.3 Å². The van der Waals surface area contributed by atoms with E-state index in [1.54, 1.807) is 24.3 Å². The molecule has 0 aromatic heterocycles. The Bertz CT molecular complexity index is 1530. The highest BCUT2D eigenvalue weighted by Crippen LogP contribution is 2.49. The SMILES string of the molecule is Cc1ccc(NC(=O)NC23C=CC(c4ccc(C(=O)CC(CCc5ccccc5)C(=O)O)cc4)=CCC2C3)c(CF)c1. The van der Waals surface area contributed by atoms with Crippen molar-refractivity contribution in [2.24, 2.45) is 11.8 Å². The number of hydrogen-bond acceptors (Lipinski definition) is 3. The van der Waals surface area contributed by atoms with Crippen molar-refractivity contribution in [1.29, 1.82) is 0 Å². The van der Waals surface area contributed by atoms with E-state index < -0.39 is 24.1 Å². The lowest BCUT2D eigenvalue weighted by atomic mass is 9.92. The number of amides is 2. The van der Waals surface area contributed by atoms with Crippen molar-refractivity contribution in [1.82, 2.24) is 5.32 Å². The fourth-order valence-corrected chi connectivity index (χ4v) is 5.64. The number of ketones is 1. The first-order valence-electron chi connectivity index (χ1n) is 14.3. The van der Waals surface area contributed by atoms with Crippen molar-refractivity contribution >= 4 is 29.0 Å². The molecular formula is C35H35FN2O4. The van der Waals surface area contributed by atoms with Crippen LogP contribution in [0.1, 0.15) is 58.3 Å². The number of carboxylic acids is 1. The van der Waals surface area contributed by atoms with E-state index in [1.807, 2.05) is 67.6 Å². The second-order valence-corrected chi connectivity index (χ2v) is 11.3. The van der Waals surface area contributed by atoms with Crippen molar-refractivity contribution in [2.45, 2.75) is 51.2 Å². The minimum Gasteiger partial charge on any atom is -0.481 e. The number of carbonyl (C=O) groups excluding carboxylic acids is 2. The van der Waals surface area contributed by atoms with Crippen LogP contribution in [0.15, 0.2) is 91.0 Å². The second kappa shape index (κ2) is 12.6. The Morgan fingerprint density at radius 2 is 1.81 bits per heavy atom. The Labute approximate surface area is 245 Å². The molecule has 2 aliphatic rings. The van der Waals surface area contributed by atoms with Gasteiger partial charge >= 0.3 is 12.0 Å². The summed E-state index contributed by atoms with van der Waals surface area (Å²) in [5.74, 6) is -1.62. The van der Waals surface area contributed by atoms with Crippen molar-refractivity contribution in [3.63, 3.8) is 0 Å². The van der Waals surface area contributed by atoms with Gasteiger partial charge in [0.05, 0.1) is 11.5 Å². The summed E-state index contributed by atoms with van der Waals surface area (Å²) in [4.78, 5) is 37.6. The summed E-state index contributed by atoms with van der Waals surface area (Å²) in [5.41, 5.74) is 4.86. The quantitative estimate of drug-likeness (QED) is 0.212. The molecule has 7 heteroatoms. The van der Waals surface area contributed by atoms with Gasteiger partial charge in [-0.3, -0.25) is 9.59 Å². The average molecular weight is 567 g/mol. The van der Waals surface area contributed by atoms with Gasteiger partial charge in [0.25, 0.3) is 0 Å². The molecule has 0 bridgehead atoms. The lowest BCUT2D eigenvalue weighted by molar-refractivity contribution is -0.141. The van der Waals surface area contributed by atoms with Crippen molar-refractivity contribution in [2.75, 3.05) is 5.32 Å². The summed E-state index contributed by atoms with van der Waals surface area (Å²) >= 11 is 0.